The second-order valence-corrected chi connectivity index (χ2v) is 4.67. The van der Waals surface area contributed by atoms with Crippen molar-refractivity contribution in [2.24, 2.45) is 0 Å². The molecule has 1 aromatic heterocycles. The third-order valence-electron chi connectivity index (χ3n) is 3.12. The summed E-state index contributed by atoms with van der Waals surface area (Å²) in [6, 6.07) is 18.7. The van der Waals surface area contributed by atoms with Gasteiger partial charge in [0.1, 0.15) is 5.75 Å². The Morgan fingerprint density at radius 2 is 1.76 bits per heavy atom. The molecule has 0 amide bonds. The number of hydrogen-bond donors (Lipinski definition) is 1. The second kappa shape index (κ2) is 6.24. The van der Waals surface area contributed by atoms with Gasteiger partial charge in [-0.1, -0.05) is 30.3 Å². The maximum absolute atomic E-state index is 11.3. The zero-order valence-electron chi connectivity index (χ0n) is 11.4. The van der Waals surface area contributed by atoms with E-state index in [1.165, 1.54) is 6.07 Å². The molecule has 3 aromatic rings. The van der Waals surface area contributed by atoms with Crippen LogP contribution in [0.25, 0.3) is 10.9 Å². The van der Waals surface area contributed by atoms with E-state index < -0.39 is 0 Å². The van der Waals surface area contributed by atoms with Crippen LogP contribution in [0.2, 0.25) is 0 Å². The van der Waals surface area contributed by atoms with Gasteiger partial charge in [-0.2, -0.15) is 0 Å². The summed E-state index contributed by atoms with van der Waals surface area (Å²) < 4.78 is 11.0. The van der Waals surface area contributed by atoms with Crippen molar-refractivity contribution in [3.8, 4) is 5.75 Å². The minimum atomic E-state index is -0.125. The largest absolute Gasteiger partial charge is 0.467 e. The van der Waals surface area contributed by atoms with Crippen LogP contribution in [0, 0.1) is 0 Å². The number of fused-ring (bicyclic) bond motifs is 1. The molecule has 4 nitrogen and oxygen atoms in total. The highest BCUT2D eigenvalue weighted by atomic mass is 16.7. The third kappa shape index (κ3) is 3.49. The fourth-order valence-electron chi connectivity index (χ4n) is 2.06. The van der Waals surface area contributed by atoms with E-state index in [4.69, 9.17) is 9.47 Å². The normalized spacial score (nSPS) is 10.7. The fraction of sp³-hybridized carbons (Fsp3) is 0.118. The topological polar surface area (TPSA) is 51.3 Å². The number of rotatable bonds is 5. The molecule has 0 radical (unpaired) electrons. The Kier molecular flexibility index (Phi) is 3.98. The highest BCUT2D eigenvalue weighted by Crippen LogP contribution is 2.18. The van der Waals surface area contributed by atoms with Crippen molar-refractivity contribution < 1.29 is 9.47 Å². The Morgan fingerprint density at radius 3 is 2.62 bits per heavy atom. The van der Waals surface area contributed by atoms with Crippen LogP contribution in [0.1, 0.15) is 5.56 Å². The van der Waals surface area contributed by atoms with E-state index in [1.54, 1.807) is 12.1 Å². The average Bonchev–Trinajstić information content (AvgIpc) is 2.52. The summed E-state index contributed by atoms with van der Waals surface area (Å²) in [5.74, 6) is 0.664. The Bertz CT molecular complexity index is 781. The van der Waals surface area contributed by atoms with Crippen LogP contribution in [-0.4, -0.2) is 11.8 Å². The monoisotopic (exact) mass is 281 g/mol. The summed E-state index contributed by atoms with van der Waals surface area (Å²) in [5, 5.41) is 0.965. The van der Waals surface area contributed by atoms with Gasteiger partial charge in [-0.15, -0.1) is 0 Å². The van der Waals surface area contributed by atoms with Crippen molar-refractivity contribution in [2.45, 2.75) is 6.61 Å². The predicted octanol–water partition coefficient (Wildman–Crippen LogP) is 3.08. The van der Waals surface area contributed by atoms with Crippen molar-refractivity contribution in [3.05, 3.63) is 76.6 Å². The lowest BCUT2D eigenvalue weighted by Crippen LogP contribution is -2.04. The number of aromatic amines is 1. The highest BCUT2D eigenvalue weighted by molar-refractivity contribution is 5.79. The summed E-state index contributed by atoms with van der Waals surface area (Å²) >= 11 is 0. The van der Waals surface area contributed by atoms with E-state index in [0.29, 0.717) is 12.4 Å². The van der Waals surface area contributed by atoms with Gasteiger partial charge in [-0.3, -0.25) is 4.79 Å². The van der Waals surface area contributed by atoms with Crippen LogP contribution in [0.4, 0.5) is 0 Å². The molecule has 21 heavy (non-hydrogen) atoms. The van der Waals surface area contributed by atoms with Gasteiger partial charge in [0.15, 0.2) is 6.79 Å². The number of hydrogen-bond acceptors (Lipinski definition) is 3. The van der Waals surface area contributed by atoms with Crippen LogP contribution < -0.4 is 10.3 Å². The number of aromatic nitrogens is 1. The van der Waals surface area contributed by atoms with Crippen LogP contribution >= 0.6 is 0 Å². The average molecular weight is 281 g/mol. The van der Waals surface area contributed by atoms with Gasteiger partial charge in [0.25, 0.3) is 0 Å². The Balaban J connectivity index is 1.59. The smallest absolute Gasteiger partial charge is 0.248 e. The molecule has 0 saturated carbocycles. The first-order chi connectivity index (χ1) is 10.3. The SMILES string of the molecule is O=c1ccc2ccc(OCOCc3ccccc3)cc2[nH]1. The van der Waals surface area contributed by atoms with Crippen LogP contribution in [0.15, 0.2) is 65.5 Å². The molecule has 0 aliphatic carbocycles. The van der Waals surface area contributed by atoms with E-state index in [-0.39, 0.29) is 12.4 Å². The molecule has 0 fully saturated rings. The third-order valence-corrected chi connectivity index (χ3v) is 3.12. The maximum atomic E-state index is 11.3. The molecule has 106 valence electrons. The molecule has 0 bridgehead atoms. The summed E-state index contributed by atoms with van der Waals surface area (Å²) in [6.45, 7) is 0.669. The van der Waals surface area contributed by atoms with Crippen molar-refractivity contribution >= 4 is 10.9 Å². The molecular formula is C17H15NO3. The van der Waals surface area contributed by atoms with Crippen molar-refractivity contribution in [2.75, 3.05) is 6.79 Å². The number of benzene rings is 2. The Morgan fingerprint density at radius 1 is 0.952 bits per heavy atom. The van der Waals surface area contributed by atoms with Gasteiger partial charge in [0, 0.05) is 12.1 Å². The van der Waals surface area contributed by atoms with E-state index in [9.17, 15) is 4.79 Å². The molecule has 4 heteroatoms. The molecule has 1 heterocycles. The minimum Gasteiger partial charge on any atom is -0.467 e. The molecule has 3 rings (SSSR count). The van der Waals surface area contributed by atoms with Gasteiger partial charge < -0.3 is 14.5 Å². The molecule has 2 aromatic carbocycles. The molecule has 0 aliphatic rings. The van der Waals surface area contributed by atoms with Crippen molar-refractivity contribution in [1.29, 1.82) is 0 Å². The van der Waals surface area contributed by atoms with Crippen LogP contribution in [-0.2, 0) is 11.3 Å². The first-order valence-corrected chi connectivity index (χ1v) is 6.69. The number of ether oxygens (including phenoxy) is 2. The summed E-state index contributed by atoms with van der Waals surface area (Å²) in [7, 11) is 0. The fourth-order valence-corrected chi connectivity index (χ4v) is 2.06. The zero-order chi connectivity index (χ0) is 14.5. The minimum absolute atomic E-state index is 0.125. The zero-order valence-corrected chi connectivity index (χ0v) is 11.4. The lowest BCUT2D eigenvalue weighted by atomic mass is 10.2. The predicted molar refractivity (Wildman–Crippen MR) is 81.3 cm³/mol. The summed E-state index contributed by atoms with van der Waals surface area (Å²) in [5.41, 5.74) is 1.73. The summed E-state index contributed by atoms with van der Waals surface area (Å²) in [6.07, 6.45) is 0. The standard InChI is InChI=1S/C17H15NO3/c19-17-9-7-14-6-8-15(10-16(14)18-17)21-12-20-11-13-4-2-1-3-5-13/h1-10H,11-12H2,(H,18,19). The molecule has 0 saturated heterocycles. The Labute approximate surface area is 122 Å². The quantitative estimate of drug-likeness (QED) is 0.577. The lowest BCUT2D eigenvalue weighted by Gasteiger charge is -2.08. The molecule has 0 aliphatic heterocycles. The maximum Gasteiger partial charge on any atom is 0.248 e. The van der Waals surface area contributed by atoms with Gasteiger partial charge in [-0.05, 0) is 29.1 Å². The first kappa shape index (κ1) is 13.4. The van der Waals surface area contributed by atoms with E-state index in [2.05, 4.69) is 4.98 Å². The molecule has 0 unspecified atom stereocenters. The number of pyridine rings is 1. The Hall–Kier alpha value is -2.59. The second-order valence-electron chi connectivity index (χ2n) is 4.67. The molecule has 1 N–H and O–H groups in total. The van der Waals surface area contributed by atoms with Gasteiger partial charge in [0.05, 0.1) is 12.1 Å². The van der Waals surface area contributed by atoms with Gasteiger partial charge in [-0.25, -0.2) is 0 Å². The van der Waals surface area contributed by atoms with Crippen molar-refractivity contribution in [1.82, 2.24) is 4.98 Å². The van der Waals surface area contributed by atoms with Crippen LogP contribution in [0.3, 0.4) is 0 Å². The van der Waals surface area contributed by atoms with Crippen molar-refractivity contribution in [3.63, 3.8) is 0 Å². The summed E-state index contributed by atoms with van der Waals surface area (Å²) in [4.78, 5) is 14.1. The molecule has 0 spiro atoms. The molecular weight excluding hydrogens is 266 g/mol. The lowest BCUT2D eigenvalue weighted by molar-refractivity contribution is 0.00512. The highest BCUT2D eigenvalue weighted by Gasteiger charge is 1.99. The molecule has 0 atom stereocenters. The number of H-pyrrole nitrogens is 1. The van der Waals surface area contributed by atoms with E-state index in [1.807, 2.05) is 42.5 Å². The van der Waals surface area contributed by atoms with E-state index in [0.717, 1.165) is 16.5 Å². The first-order valence-electron chi connectivity index (χ1n) is 6.69. The number of nitrogens with one attached hydrogen (secondary N) is 1. The van der Waals surface area contributed by atoms with E-state index >= 15 is 0 Å². The van der Waals surface area contributed by atoms with Gasteiger partial charge >= 0.3 is 0 Å². The van der Waals surface area contributed by atoms with Gasteiger partial charge in [0.2, 0.25) is 5.56 Å². The van der Waals surface area contributed by atoms with Crippen LogP contribution in [0.5, 0.6) is 5.75 Å².